The summed E-state index contributed by atoms with van der Waals surface area (Å²) in [6.45, 7) is -0.521. The van der Waals surface area contributed by atoms with Crippen LogP contribution >= 0.6 is 0 Å². The number of hydrogen-bond donors (Lipinski definition) is 3. The number of rotatable bonds is 7. The molecule has 1 amide bonds. The van der Waals surface area contributed by atoms with E-state index in [9.17, 15) is 23.3 Å². The third-order valence-corrected chi connectivity index (χ3v) is 5.09. The number of aromatic amines is 1. The number of nitro benzene ring substituents is 1. The molecule has 0 aliphatic carbocycles. The lowest BCUT2D eigenvalue weighted by molar-refractivity contribution is -0.384. The van der Waals surface area contributed by atoms with Gasteiger partial charge in [-0.2, -0.15) is 15.4 Å². The molecule has 11 nitrogen and oxygen atoms in total. The van der Waals surface area contributed by atoms with Gasteiger partial charge in [0.1, 0.15) is 5.69 Å². The van der Waals surface area contributed by atoms with Crippen molar-refractivity contribution in [2.75, 3.05) is 11.9 Å². The molecule has 0 saturated heterocycles. The Bertz CT molecular complexity index is 1100. The summed E-state index contributed by atoms with van der Waals surface area (Å²) in [7, 11) is -4.00. The first-order chi connectivity index (χ1) is 13.4. The van der Waals surface area contributed by atoms with Crippen molar-refractivity contribution in [3.63, 3.8) is 0 Å². The van der Waals surface area contributed by atoms with Gasteiger partial charge in [0, 0.05) is 17.7 Å². The molecule has 0 bridgehead atoms. The van der Waals surface area contributed by atoms with E-state index in [1.165, 1.54) is 6.20 Å². The molecule has 3 N–H and O–H groups in total. The van der Waals surface area contributed by atoms with E-state index in [2.05, 4.69) is 25.4 Å². The fourth-order valence-corrected chi connectivity index (χ4v) is 3.31. The zero-order valence-corrected chi connectivity index (χ0v) is 15.0. The van der Waals surface area contributed by atoms with E-state index in [1.807, 2.05) is 0 Å². The molecule has 144 valence electrons. The number of nitrogens with zero attached hydrogens (tertiary/aromatic N) is 3. The Labute approximate surface area is 159 Å². The summed E-state index contributed by atoms with van der Waals surface area (Å²) in [5, 5.41) is 23.4. The molecule has 1 heterocycles. The van der Waals surface area contributed by atoms with E-state index >= 15 is 0 Å². The first kappa shape index (κ1) is 19.1. The van der Waals surface area contributed by atoms with E-state index in [0.717, 1.165) is 24.3 Å². The lowest BCUT2D eigenvalue weighted by atomic mass is 10.1. The minimum Gasteiger partial charge on any atom is -0.324 e. The summed E-state index contributed by atoms with van der Waals surface area (Å²) in [6, 6.07) is 11.2. The van der Waals surface area contributed by atoms with Crippen molar-refractivity contribution in [1.29, 1.82) is 0 Å². The van der Waals surface area contributed by atoms with E-state index in [4.69, 9.17) is 0 Å². The van der Waals surface area contributed by atoms with Gasteiger partial charge < -0.3 is 5.32 Å². The van der Waals surface area contributed by atoms with Gasteiger partial charge in [0.2, 0.25) is 15.9 Å². The van der Waals surface area contributed by atoms with Crippen molar-refractivity contribution in [2.24, 2.45) is 0 Å². The smallest absolute Gasteiger partial charge is 0.269 e. The topological polar surface area (TPSA) is 160 Å². The van der Waals surface area contributed by atoms with Gasteiger partial charge in [-0.15, -0.1) is 0 Å². The van der Waals surface area contributed by atoms with Gasteiger partial charge in [0.25, 0.3) is 5.69 Å². The van der Waals surface area contributed by atoms with Crippen LogP contribution in [0, 0.1) is 10.1 Å². The molecule has 3 aromatic rings. The minimum absolute atomic E-state index is 0.186. The highest BCUT2D eigenvalue weighted by Crippen LogP contribution is 2.25. The largest absolute Gasteiger partial charge is 0.324 e. The van der Waals surface area contributed by atoms with Crippen LogP contribution in [0.15, 0.2) is 59.6 Å². The second kappa shape index (κ2) is 7.94. The van der Waals surface area contributed by atoms with Crippen LogP contribution in [0.2, 0.25) is 0 Å². The van der Waals surface area contributed by atoms with Crippen LogP contribution in [0.5, 0.6) is 0 Å². The zero-order chi connectivity index (χ0) is 20.1. The van der Waals surface area contributed by atoms with Crippen molar-refractivity contribution >= 4 is 27.3 Å². The number of para-hydroxylation sites is 1. The number of benzene rings is 2. The Hall–Kier alpha value is -3.64. The average Bonchev–Trinajstić information content (AvgIpc) is 3.21. The number of amides is 1. The first-order valence-corrected chi connectivity index (χ1v) is 9.34. The van der Waals surface area contributed by atoms with Crippen molar-refractivity contribution in [2.45, 2.75) is 4.90 Å². The normalized spacial score (nSPS) is 11.1. The summed E-state index contributed by atoms with van der Waals surface area (Å²) in [5.41, 5.74) is 1.34. The number of nitrogens with one attached hydrogen (secondary N) is 3. The summed E-state index contributed by atoms with van der Waals surface area (Å²) < 4.78 is 26.6. The van der Waals surface area contributed by atoms with Gasteiger partial charge in [-0.25, -0.2) is 13.1 Å². The van der Waals surface area contributed by atoms with Crippen LogP contribution in [0.1, 0.15) is 0 Å². The molecule has 2 aromatic carbocycles. The summed E-state index contributed by atoms with van der Waals surface area (Å²) in [6.07, 6.45) is 1.49. The van der Waals surface area contributed by atoms with Crippen molar-refractivity contribution in [3.8, 4) is 11.3 Å². The van der Waals surface area contributed by atoms with Crippen molar-refractivity contribution in [3.05, 3.63) is 64.8 Å². The minimum atomic E-state index is -4.00. The Morgan fingerprint density at radius 3 is 2.50 bits per heavy atom. The Kier molecular flexibility index (Phi) is 5.42. The number of aromatic nitrogens is 3. The van der Waals surface area contributed by atoms with E-state index < -0.39 is 27.4 Å². The molecular weight excluding hydrogens is 388 g/mol. The van der Waals surface area contributed by atoms with E-state index in [-0.39, 0.29) is 10.6 Å². The number of carbonyl (C=O) groups excluding carboxylic acids is 1. The average molecular weight is 402 g/mol. The lowest BCUT2D eigenvalue weighted by Gasteiger charge is -2.10. The highest BCUT2D eigenvalue weighted by Gasteiger charge is 2.18. The Balaban J connectivity index is 1.67. The van der Waals surface area contributed by atoms with E-state index in [1.54, 1.807) is 24.3 Å². The standard InChI is InChI=1S/C16H14N6O5S/c23-16(19-14-4-2-1-3-13(14)15-9-17-21-20-15)10-18-28(26,27)12-7-5-11(6-8-12)22(24)25/h1-9,18H,10H2,(H,19,23)(H,17,20,21). The molecule has 28 heavy (non-hydrogen) atoms. The van der Waals surface area contributed by atoms with Gasteiger partial charge >= 0.3 is 0 Å². The fraction of sp³-hybridized carbons (Fsp3) is 0.0625. The Morgan fingerprint density at radius 1 is 1.14 bits per heavy atom. The molecule has 0 fully saturated rings. The molecule has 0 unspecified atom stereocenters. The maximum atomic E-state index is 12.2. The number of sulfonamides is 1. The summed E-state index contributed by atoms with van der Waals surface area (Å²) in [4.78, 5) is 22.0. The monoisotopic (exact) mass is 402 g/mol. The number of carbonyl (C=O) groups is 1. The predicted octanol–water partition coefficient (Wildman–Crippen LogP) is 1.30. The van der Waals surface area contributed by atoms with Gasteiger partial charge in [0.05, 0.1) is 28.2 Å². The molecular formula is C16H14N6O5S. The van der Waals surface area contributed by atoms with Crippen LogP contribution in [0.3, 0.4) is 0 Å². The third kappa shape index (κ3) is 4.36. The number of nitro groups is 1. The summed E-state index contributed by atoms with van der Waals surface area (Å²) in [5.74, 6) is -0.596. The van der Waals surface area contributed by atoms with Crippen LogP contribution in [-0.2, 0) is 14.8 Å². The highest BCUT2D eigenvalue weighted by atomic mass is 32.2. The molecule has 0 atom stereocenters. The molecule has 0 saturated carbocycles. The van der Waals surface area contributed by atoms with Gasteiger partial charge in [0.15, 0.2) is 0 Å². The Morgan fingerprint density at radius 2 is 1.86 bits per heavy atom. The van der Waals surface area contributed by atoms with Crippen LogP contribution in [0.4, 0.5) is 11.4 Å². The molecule has 12 heteroatoms. The first-order valence-electron chi connectivity index (χ1n) is 7.86. The maximum Gasteiger partial charge on any atom is 0.269 e. The molecule has 0 aliphatic heterocycles. The SMILES string of the molecule is O=C(CNS(=O)(=O)c1ccc([N+](=O)[O-])cc1)Nc1ccccc1-c1cn[nH]n1. The van der Waals surface area contributed by atoms with Crippen molar-refractivity contribution < 1.29 is 18.1 Å². The molecule has 0 spiro atoms. The number of hydrogen-bond acceptors (Lipinski definition) is 7. The molecule has 0 radical (unpaired) electrons. The highest BCUT2D eigenvalue weighted by molar-refractivity contribution is 7.89. The molecule has 1 aromatic heterocycles. The maximum absolute atomic E-state index is 12.2. The fourth-order valence-electron chi connectivity index (χ4n) is 2.33. The van der Waals surface area contributed by atoms with Gasteiger partial charge in [-0.05, 0) is 18.2 Å². The zero-order valence-electron chi connectivity index (χ0n) is 14.2. The quantitative estimate of drug-likeness (QED) is 0.396. The van der Waals surface area contributed by atoms with Crippen LogP contribution in [0.25, 0.3) is 11.3 Å². The van der Waals surface area contributed by atoms with Crippen LogP contribution < -0.4 is 10.0 Å². The second-order valence-electron chi connectivity index (χ2n) is 5.52. The van der Waals surface area contributed by atoms with E-state index in [0.29, 0.717) is 16.9 Å². The lowest BCUT2D eigenvalue weighted by Crippen LogP contribution is -2.33. The number of anilines is 1. The number of H-pyrrole nitrogens is 1. The summed E-state index contributed by atoms with van der Waals surface area (Å²) >= 11 is 0. The predicted molar refractivity (Wildman–Crippen MR) is 98.7 cm³/mol. The van der Waals surface area contributed by atoms with Crippen LogP contribution in [-0.4, -0.2) is 41.2 Å². The second-order valence-corrected chi connectivity index (χ2v) is 7.29. The van der Waals surface area contributed by atoms with Gasteiger partial charge in [-0.3, -0.25) is 14.9 Å². The molecule has 0 aliphatic rings. The van der Waals surface area contributed by atoms with Crippen molar-refractivity contribution in [1.82, 2.24) is 20.1 Å². The van der Waals surface area contributed by atoms with Gasteiger partial charge in [-0.1, -0.05) is 18.2 Å². The number of non-ortho nitro benzene ring substituents is 1. The molecule has 3 rings (SSSR count). The third-order valence-electron chi connectivity index (χ3n) is 3.67.